The summed E-state index contributed by atoms with van der Waals surface area (Å²) in [5.41, 5.74) is 0.153. The van der Waals surface area contributed by atoms with Gasteiger partial charge in [-0.15, -0.1) is 11.3 Å². The molecule has 2 N–H and O–H groups in total. The highest BCUT2D eigenvalue weighted by Gasteiger charge is 2.45. The zero-order chi connectivity index (χ0) is 13.6. The van der Waals surface area contributed by atoms with Crippen molar-refractivity contribution in [2.45, 2.75) is 39.5 Å². The molecule has 0 radical (unpaired) electrons. The van der Waals surface area contributed by atoms with Gasteiger partial charge in [0.2, 0.25) is 0 Å². The van der Waals surface area contributed by atoms with Gasteiger partial charge in [-0.1, -0.05) is 13.8 Å². The third kappa shape index (κ3) is 2.51. The number of aliphatic carboxylic acids is 1. The molecule has 1 saturated carbocycles. The number of rotatable bonds is 5. The molecule has 1 aliphatic carbocycles. The van der Waals surface area contributed by atoms with Gasteiger partial charge in [0.05, 0.1) is 5.69 Å². The van der Waals surface area contributed by atoms with Crippen molar-refractivity contribution in [3.63, 3.8) is 0 Å². The predicted octanol–water partition coefficient (Wildman–Crippen LogP) is 2.96. The first-order valence-electron chi connectivity index (χ1n) is 6.17. The number of carboxylic acid groups (broad SMARTS) is 1. The van der Waals surface area contributed by atoms with Crippen LogP contribution in [0.5, 0.6) is 0 Å². The Bertz CT molecular complexity index is 465. The summed E-state index contributed by atoms with van der Waals surface area (Å²) in [5.74, 6) is -0.139. The molecule has 0 amide bonds. The van der Waals surface area contributed by atoms with Crippen molar-refractivity contribution in [3.05, 3.63) is 11.1 Å². The first-order chi connectivity index (χ1) is 8.23. The van der Waals surface area contributed by atoms with Crippen LogP contribution in [0.4, 0.5) is 5.13 Å². The minimum atomic E-state index is -0.921. The summed E-state index contributed by atoms with van der Waals surface area (Å²) in [4.78, 5) is 15.5. The third-order valence-electron chi connectivity index (χ3n) is 3.90. The van der Waals surface area contributed by atoms with Crippen molar-refractivity contribution in [3.8, 4) is 0 Å². The number of nitrogens with one attached hydrogen (secondary N) is 1. The molecule has 1 aliphatic rings. The summed E-state index contributed by atoms with van der Waals surface area (Å²) < 4.78 is 0. The minimum absolute atomic E-state index is 0.452. The SMILES string of the molecule is CC(C)(C(=O)O)c1csc(NCC2CC2(C)C)n1. The van der Waals surface area contributed by atoms with Crippen LogP contribution in [0.1, 0.15) is 39.8 Å². The average Bonchev–Trinajstić information content (AvgIpc) is 2.70. The monoisotopic (exact) mass is 268 g/mol. The number of anilines is 1. The van der Waals surface area contributed by atoms with E-state index in [0.717, 1.165) is 11.7 Å². The van der Waals surface area contributed by atoms with Crippen molar-refractivity contribution in [2.75, 3.05) is 11.9 Å². The summed E-state index contributed by atoms with van der Waals surface area (Å²) in [6, 6.07) is 0. The van der Waals surface area contributed by atoms with Gasteiger partial charge in [-0.25, -0.2) is 4.98 Å². The molecule has 0 bridgehead atoms. The van der Waals surface area contributed by atoms with Gasteiger partial charge in [0.25, 0.3) is 0 Å². The first kappa shape index (κ1) is 13.3. The summed E-state index contributed by atoms with van der Waals surface area (Å²) >= 11 is 1.48. The number of thiazole rings is 1. The predicted molar refractivity (Wildman–Crippen MR) is 73.2 cm³/mol. The van der Waals surface area contributed by atoms with Crippen LogP contribution in [0.15, 0.2) is 5.38 Å². The van der Waals surface area contributed by atoms with E-state index in [9.17, 15) is 4.79 Å². The van der Waals surface area contributed by atoms with Gasteiger partial charge < -0.3 is 10.4 Å². The summed E-state index contributed by atoms with van der Waals surface area (Å²) in [6.07, 6.45) is 1.25. The average molecular weight is 268 g/mol. The summed E-state index contributed by atoms with van der Waals surface area (Å²) in [6.45, 7) is 8.81. The highest BCUT2D eigenvalue weighted by Crippen LogP contribution is 2.51. The zero-order valence-corrected chi connectivity index (χ0v) is 12.1. The van der Waals surface area contributed by atoms with Crippen LogP contribution in [-0.2, 0) is 10.2 Å². The molecule has 18 heavy (non-hydrogen) atoms. The molecular formula is C13H20N2O2S. The van der Waals surface area contributed by atoms with Gasteiger partial charge >= 0.3 is 5.97 Å². The number of carbonyl (C=O) groups is 1. The molecule has 1 fully saturated rings. The van der Waals surface area contributed by atoms with Crippen LogP contribution in [0, 0.1) is 11.3 Å². The van der Waals surface area contributed by atoms with Gasteiger partial charge in [0.15, 0.2) is 5.13 Å². The largest absolute Gasteiger partial charge is 0.481 e. The van der Waals surface area contributed by atoms with Crippen LogP contribution in [-0.4, -0.2) is 22.6 Å². The minimum Gasteiger partial charge on any atom is -0.481 e. The molecule has 1 aromatic rings. The second-order valence-corrected chi connectivity index (χ2v) is 7.10. The lowest BCUT2D eigenvalue weighted by atomic mass is 9.90. The van der Waals surface area contributed by atoms with Crippen LogP contribution in [0.2, 0.25) is 0 Å². The fraction of sp³-hybridized carbons (Fsp3) is 0.692. The molecule has 2 rings (SSSR count). The smallest absolute Gasteiger partial charge is 0.315 e. The van der Waals surface area contributed by atoms with Crippen molar-refractivity contribution in [2.24, 2.45) is 11.3 Å². The Morgan fingerprint density at radius 2 is 2.28 bits per heavy atom. The molecule has 0 saturated heterocycles. The van der Waals surface area contributed by atoms with E-state index in [1.807, 2.05) is 5.38 Å². The topological polar surface area (TPSA) is 62.2 Å². The number of hydrogen-bond acceptors (Lipinski definition) is 4. The van der Waals surface area contributed by atoms with Crippen LogP contribution in [0.25, 0.3) is 0 Å². The van der Waals surface area contributed by atoms with E-state index in [4.69, 9.17) is 5.11 Å². The second kappa shape index (κ2) is 4.23. The molecule has 4 nitrogen and oxygen atoms in total. The molecule has 1 heterocycles. The number of carboxylic acids is 1. The zero-order valence-electron chi connectivity index (χ0n) is 11.3. The number of nitrogens with zero attached hydrogens (tertiary/aromatic N) is 1. The molecule has 0 spiro atoms. The Morgan fingerprint density at radius 3 is 2.78 bits per heavy atom. The fourth-order valence-electron chi connectivity index (χ4n) is 1.89. The Morgan fingerprint density at radius 1 is 1.67 bits per heavy atom. The molecule has 1 unspecified atom stereocenters. The van der Waals surface area contributed by atoms with E-state index in [-0.39, 0.29) is 0 Å². The van der Waals surface area contributed by atoms with Gasteiger partial charge in [-0.3, -0.25) is 4.79 Å². The van der Waals surface area contributed by atoms with E-state index >= 15 is 0 Å². The van der Waals surface area contributed by atoms with E-state index in [2.05, 4.69) is 24.1 Å². The van der Waals surface area contributed by atoms with Gasteiger partial charge in [0.1, 0.15) is 5.41 Å². The molecule has 1 aromatic heterocycles. The van der Waals surface area contributed by atoms with Crippen molar-refractivity contribution in [1.82, 2.24) is 4.98 Å². The molecule has 0 aromatic carbocycles. The lowest BCUT2D eigenvalue weighted by Gasteiger charge is -2.15. The maximum absolute atomic E-state index is 11.1. The van der Waals surface area contributed by atoms with E-state index < -0.39 is 11.4 Å². The Balaban J connectivity index is 1.96. The van der Waals surface area contributed by atoms with Crippen LogP contribution < -0.4 is 5.32 Å². The maximum atomic E-state index is 11.1. The molecule has 5 heteroatoms. The Hall–Kier alpha value is -1.10. The standard InChI is InChI=1S/C13H20N2O2S/c1-12(2)5-8(12)6-14-11-15-9(7-18-11)13(3,4)10(16)17/h7-8H,5-6H2,1-4H3,(H,14,15)(H,16,17). The first-order valence-corrected chi connectivity index (χ1v) is 7.05. The lowest BCUT2D eigenvalue weighted by Crippen LogP contribution is -2.28. The van der Waals surface area contributed by atoms with Gasteiger partial charge in [0, 0.05) is 11.9 Å². The molecule has 1 atom stereocenters. The summed E-state index contributed by atoms with van der Waals surface area (Å²) in [7, 11) is 0. The van der Waals surface area contributed by atoms with Crippen molar-refractivity contribution in [1.29, 1.82) is 0 Å². The van der Waals surface area contributed by atoms with Crippen molar-refractivity contribution >= 4 is 22.4 Å². The van der Waals surface area contributed by atoms with E-state index in [1.54, 1.807) is 13.8 Å². The van der Waals surface area contributed by atoms with E-state index in [0.29, 0.717) is 17.0 Å². The molecule has 100 valence electrons. The quantitative estimate of drug-likeness (QED) is 0.862. The molecular weight excluding hydrogens is 248 g/mol. The lowest BCUT2D eigenvalue weighted by molar-refractivity contribution is -0.142. The number of aromatic nitrogens is 1. The molecule has 0 aliphatic heterocycles. The van der Waals surface area contributed by atoms with Crippen LogP contribution >= 0.6 is 11.3 Å². The van der Waals surface area contributed by atoms with Gasteiger partial charge in [-0.05, 0) is 31.6 Å². The normalized spacial score (nSPS) is 21.7. The second-order valence-electron chi connectivity index (χ2n) is 6.24. The highest BCUT2D eigenvalue weighted by atomic mass is 32.1. The third-order valence-corrected chi connectivity index (χ3v) is 4.70. The van der Waals surface area contributed by atoms with Gasteiger partial charge in [-0.2, -0.15) is 0 Å². The van der Waals surface area contributed by atoms with Crippen molar-refractivity contribution < 1.29 is 9.90 Å². The Kier molecular flexibility index (Phi) is 3.13. The van der Waals surface area contributed by atoms with Crippen LogP contribution in [0.3, 0.4) is 0 Å². The maximum Gasteiger partial charge on any atom is 0.315 e. The fourth-order valence-corrected chi connectivity index (χ4v) is 2.77. The van der Waals surface area contributed by atoms with E-state index in [1.165, 1.54) is 17.8 Å². The highest BCUT2D eigenvalue weighted by molar-refractivity contribution is 7.13. The Labute approximate surface area is 111 Å². The number of hydrogen-bond donors (Lipinski definition) is 2. The summed E-state index contributed by atoms with van der Waals surface area (Å²) in [5, 5.41) is 15.1.